The quantitative estimate of drug-likeness (QED) is 0.483. The molecule has 3 aliphatic carbocycles. The zero-order valence-corrected chi connectivity index (χ0v) is 7.32. The third kappa shape index (κ3) is 0.825. The molecule has 1 heteroatoms. The van der Waals surface area contributed by atoms with Crippen molar-refractivity contribution in [3.8, 4) is 0 Å². The largest absolute Gasteiger partial charge is 0.297 e. The van der Waals surface area contributed by atoms with E-state index in [0.29, 0.717) is 0 Å². The summed E-state index contributed by atoms with van der Waals surface area (Å²) >= 11 is 0. The Kier molecular flexibility index (Phi) is 1.40. The van der Waals surface area contributed by atoms with Crippen molar-refractivity contribution < 1.29 is 0 Å². The van der Waals surface area contributed by atoms with E-state index < -0.39 is 0 Å². The fourth-order valence-corrected chi connectivity index (χ4v) is 3.13. The third-order valence-corrected chi connectivity index (χ3v) is 3.81. The van der Waals surface area contributed by atoms with Crippen molar-refractivity contribution in [2.75, 3.05) is 6.54 Å². The first-order valence-electron chi connectivity index (χ1n) is 5.13. The van der Waals surface area contributed by atoms with Gasteiger partial charge in [0.1, 0.15) is 0 Å². The van der Waals surface area contributed by atoms with Crippen molar-refractivity contribution in [2.45, 2.75) is 19.3 Å². The summed E-state index contributed by atoms with van der Waals surface area (Å²) in [5.41, 5.74) is 0. The Bertz CT molecular complexity index is 241. The van der Waals surface area contributed by atoms with Crippen LogP contribution in [0.4, 0.5) is 0 Å². The van der Waals surface area contributed by atoms with Gasteiger partial charge in [-0.3, -0.25) is 4.99 Å². The number of aliphatic imine (C=N–C) groups is 1. The lowest BCUT2D eigenvalue weighted by Gasteiger charge is -2.29. The first kappa shape index (κ1) is 6.88. The van der Waals surface area contributed by atoms with E-state index in [1.807, 2.05) is 0 Å². The van der Waals surface area contributed by atoms with E-state index in [1.165, 1.54) is 19.3 Å². The van der Waals surface area contributed by atoms with Gasteiger partial charge in [-0.05, 0) is 30.6 Å². The van der Waals surface area contributed by atoms with Crippen LogP contribution in [-0.4, -0.2) is 12.8 Å². The van der Waals surface area contributed by atoms with E-state index in [0.717, 1.165) is 30.2 Å². The molecule has 64 valence electrons. The van der Waals surface area contributed by atoms with Crippen LogP contribution in [-0.2, 0) is 0 Å². The maximum absolute atomic E-state index is 4.45. The molecule has 0 saturated heterocycles. The molecule has 4 atom stereocenters. The topological polar surface area (TPSA) is 12.4 Å². The van der Waals surface area contributed by atoms with Crippen molar-refractivity contribution in [3.63, 3.8) is 0 Å². The highest BCUT2D eigenvalue weighted by atomic mass is 14.8. The number of fused-ring (bicyclic) bond motifs is 2. The van der Waals surface area contributed by atoms with Crippen LogP contribution in [0.2, 0.25) is 0 Å². The molecule has 1 fully saturated rings. The average molecular weight is 161 g/mol. The van der Waals surface area contributed by atoms with Crippen LogP contribution in [0.25, 0.3) is 0 Å². The Labute approximate surface area is 73.6 Å². The van der Waals surface area contributed by atoms with E-state index in [9.17, 15) is 0 Å². The predicted molar refractivity (Wildman–Crippen MR) is 50.3 cm³/mol. The van der Waals surface area contributed by atoms with Crippen molar-refractivity contribution >= 4 is 6.21 Å². The van der Waals surface area contributed by atoms with Gasteiger partial charge in [-0.2, -0.15) is 0 Å². The highest BCUT2D eigenvalue weighted by Gasteiger charge is 2.39. The fraction of sp³-hybridized carbons (Fsp3) is 0.727. The van der Waals surface area contributed by atoms with E-state index >= 15 is 0 Å². The summed E-state index contributed by atoms with van der Waals surface area (Å²) in [7, 11) is 0. The minimum absolute atomic E-state index is 0.808. The lowest BCUT2D eigenvalue weighted by molar-refractivity contribution is 0.306. The van der Waals surface area contributed by atoms with E-state index in [-0.39, 0.29) is 0 Å². The Morgan fingerprint density at radius 1 is 1.08 bits per heavy atom. The molecule has 1 nitrogen and oxygen atoms in total. The molecule has 2 bridgehead atoms. The van der Waals surface area contributed by atoms with Crippen LogP contribution >= 0.6 is 0 Å². The van der Waals surface area contributed by atoms with E-state index in [2.05, 4.69) is 23.4 Å². The first-order valence-corrected chi connectivity index (χ1v) is 5.13. The molecule has 4 unspecified atom stereocenters. The Morgan fingerprint density at radius 2 is 1.92 bits per heavy atom. The molecule has 12 heavy (non-hydrogen) atoms. The molecule has 1 aliphatic heterocycles. The number of rotatable bonds is 0. The molecular weight excluding hydrogens is 146 g/mol. The molecular formula is C11H15N. The number of nitrogens with zero attached hydrogens (tertiary/aromatic N) is 1. The van der Waals surface area contributed by atoms with Crippen molar-refractivity contribution in [3.05, 3.63) is 12.2 Å². The van der Waals surface area contributed by atoms with Crippen LogP contribution in [0.1, 0.15) is 19.3 Å². The molecule has 4 rings (SSSR count). The van der Waals surface area contributed by atoms with Gasteiger partial charge in [0.05, 0.1) is 0 Å². The highest BCUT2D eigenvalue weighted by molar-refractivity contribution is 5.65. The van der Waals surface area contributed by atoms with Crippen LogP contribution in [0, 0.1) is 23.7 Å². The van der Waals surface area contributed by atoms with Gasteiger partial charge in [0.15, 0.2) is 0 Å². The fourth-order valence-electron chi connectivity index (χ4n) is 3.13. The Morgan fingerprint density at radius 3 is 2.92 bits per heavy atom. The van der Waals surface area contributed by atoms with Gasteiger partial charge in [-0.1, -0.05) is 18.6 Å². The number of allylic oxidation sites excluding steroid dienone is 2. The zero-order valence-electron chi connectivity index (χ0n) is 7.32. The standard InChI is InChI=1S/C11H15N/c1-2-8-4-5-9(3-1)11-7-12-6-10(8)11/h4-6,8-11H,1-3,7H2. The van der Waals surface area contributed by atoms with Crippen molar-refractivity contribution in [1.82, 2.24) is 0 Å². The number of hydrogen-bond acceptors (Lipinski definition) is 1. The third-order valence-electron chi connectivity index (χ3n) is 3.81. The molecule has 1 heterocycles. The Balaban J connectivity index is 1.99. The normalized spacial score (nSPS) is 49.3. The summed E-state index contributed by atoms with van der Waals surface area (Å²) in [5.74, 6) is 3.38. The zero-order chi connectivity index (χ0) is 7.97. The minimum Gasteiger partial charge on any atom is -0.297 e. The van der Waals surface area contributed by atoms with Crippen LogP contribution in [0.15, 0.2) is 17.1 Å². The van der Waals surface area contributed by atoms with Gasteiger partial charge in [-0.15, -0.1) is 0 Å². The van der Waals surface area contributed by atoms with Gasteiger partial charge >= 0.3 is 0 Å². The SMILES string of the molecule is C1=CC2CCCC1C1C=NCC21. The smallest absolute Gasteiger partial charge is 0.0425 e. The molecule has 0 aromatic carbocycles. The summed E-state index contributed by atoms with van der Waals surface area (Å²) in [6.45, 7) is 1.11. The van der Waals surface area contributed by atoms with Gasteiger partial charge in [-0.25, -0.2) is 0 Å². The maximum Gasteiger partial charge on any atom is 0.0425 e. The lowest BCUT2D eigenvalue weighted by atomic mass is 9.74. The molecule has 1 saturated carbocycles. The molecule has 4 aliphatic rings. The summed E-state index contributed by atoms with van der Waals surface area (Å²) in [4.78, 5) is 4.45. The summed E-state index contributed by atoms with van der Waals surface area (Å²) < 4.78 is 0. The second-order valence-corrected chi connectivity index (χ2v) is 4.40. The first-order chi connectivity index (χ1) is 5.95. The van der Waals surface area contributed by atoms with Gasteiger partial charge in [0.2, 0.25) is 0 Å². The van der Waals surface area contributed by atoms with E-state index in [1.54, 1.807) is 0 Å². The number of hydrogen-bond donors (Lipinski definition) is 0. The van der Waals surface area contributed by atoms with Crippen LogP contribution < -0.4 is 0 Å². The maximum atomic E-state index is 4.45. The average Bonchev–Trinajstić information content (AvgIpc) is 2.40. The van der Waals surface area contributed by atoms with Crippen molar-refractivity contribution in [1.29, 1.82) is 0 Å². The lowest BCUT2D eigenvalue weighted by Crippen LogP contribution is -2.27. The molecule has 0 aromatic rings. The second-order valence-electron chi connectivity index (χ2n) is 4.40. The summed E-state index contributed by atoms with van der Waals surface area (Å²) in [5, 5.41) is 0. The van der Waals surface area contributed by atoms with Gasteiger partial charge in [0, 0.05) is 18.7 Å². The summed E-state index contributed by atoms with van der Waals surface area (Å²) in [6.07, 6.45) is 11.4. The second kappa shape index (κ2) is 2.45. The van der Waals surface area contributed by atoms with Crippen LogP contribution in [0.3, 0.4) is 0 Å². The van der Waals surface area contributed by atoms with Gasteiger partial charge in [0.25, 0.3) is 0 Å². The van der Waals surface area contributed by atoms with Gasteiger partial charge < -0.3 is 0 Å². The van der Waals surface area contributed by atoms with E-state index in [4.69, 9.17) is 0 Å². The Hall–Kier alpha value is -0.590. The van der Waals surface area contributed by atoms with Crippen molar-refractivity contribution in [2.24, 2.45) is 28.7 Å². The minimum atomic E-state index is 0.808. The molecule has 0 N–H and O–H groups in total. The summed E-state index contributed by atoms with van der Waals surface area (Å²) in [6, 6.07) is 0. The molecule has 0 amide bonds. The molecule has 0 spiro atoms. The highest BCUT2D eigenvalue weighted by Crippen LogP contribution is 2.43. The van der Waals surface area contributed by atoms with Crippen LogP contribution in [0.5, 0.6) is 0 Å². The monoisotopic (exact) mass is 161 g/mol. The predicted octanol–water partition coefficient (Wildman–Crippen LogP) is 2.29. The molecule has 0 radical (unpaired) electrons. The molecule has 0 aromatic heterocycles.